The zero-order valence-corrected chi connectivity index (χ0v) is 15.2. The van der Waals surface area contributed by atoms with Crippen LogP contribution in [0.25, 0.3) is 5.82 Å². The molecule has 7 nitrogen and oxygen atoms in total. The van der Waals surface area contributed by atoms with E-state index in [0.29, 0.717) is 35.4 Å². The van der Waals surface area contributed by atoms with Crippen molar-refractivity contribution in [3.05, 3.63) is 70.4 Å². The number of rotatable bonds is 6. The van der Waals surface area contributed by atoms with Crippen LogP contribution in [0.4, 0.5) is 4.79 Å². The van der Waals surface area contributed by atoms with Crippen molar-refractivity contribution in [3.63, 3.8) is 0 Å². The molecule has 0 fully saturated rings. The highest BCUT2D eigenvalue weighted by molar-refractivity contribution is 6.34. The first kappa shape index (κ1) is 18.2. The minimum absolute atomic E-state index is 0.272. The summed E-state index contributed by atoms with van der Waals surface area (Å²) < 4.78 is 1.55. The van der Waals surface area contributed by atoms with E-state index in [2.05, 4.69) is 25.7 Å². The minimum Gasteiger partial charge on any atom is -0.338 e. The molecule has 0 atom stereocenters. The Kier molecular flexibility index (Phi) is 6.04. The quantitative estimate of drug-likeness (QED) is 0.677. The van der Waals surface area contributed by atoms with Crippen LogP contribution in [0.15, 0.2) is 49.2 Å². The van der Waals surface area contributed by atoms with Crippen LogP contribution >= 0.6 is 23.2 Å². The van der Waals surface area contributed by atoms with Gasteiger partial charge in [-0.3, -0.25) is 0 Å². The van der Waals surface area contributed by atoms with Crippen molar-refractivity contribution >= 4 is 29.2 Å². The zero-order chi connectivity index (χ0) is 18.4. The Morgan fingerprint density at radius 2 is 1.96 bits per heavy atom. The van der Waals surface area contributed by atoms with Gasteiger partial charge in [-0.25, -0.2) is 19.4 Å². The third-order valence-electron chi connectivity index (χ3n) is 3.56. The summed E-state index contributed by atoms with van der Waals surface area (Å²) >= 11 is 11.9. The molecule has 3 aromatic rings. The number of nitrogens with one attached hydrogen (secondary N) is 2. The van der Waals surface area contributed by atoms with Crippen molar-refractivity contribution in [2.45, 2.75) is 13.0 Å². The SMILES string of the molecule is O=C(NCCc1cc(Cl)cc(Cl)c1)NCc1cccnc1-n1cncn1. The van der Waals surface area contributed by atoms with Gasteiger partial charge in [0.1, 0.15) is 12.7 Å². The van der Waals surface area contributed by atoms with Crippen molar-refractivity contribution in [3.8, 4) is 5.82 Å². The number of hydrogen-bond acceptors (Lipinski definition) is 4. The summed E-state index contributed by atoms with van der Waals surface area (Å²) in [6.07, 6.45) is 5.28. The summed E-state index contributed by atoms with van der Waals surface area (Å²) in [7, 11) is 0. The minimum atomic E-state index is -0.272. The molecule has 0 saturated heterocycles. The number of amides is 2. The van der Waals surface area contributed by atoms with E-state index in [4.69, 9.17) is 23.2 Å². The Morgan fingerprint density at radius 1 is 1.15 bits per heavy atom. The van der Waals surface area contributed by atoms with Crippen LogP contribution < -0.4 is 10.6 Å². The lowest BCUT2D eigenvalue weighted by molar-refractivity contribution is 0.240. The topological polar surface area (TPSA) is 84.7 Å². The summed E-state index contributed by atoms with van der Waals surface area (Å²) in [4.78, 5) is 20.2. The van der Waals surface area contributed by atoms with Gasteiger partial charge in [0.25, 0.3) is 0 Å². The summed E-state index contributed by atoms with van der Waals surface area (Å²) in [6.45, 7) is 0.781. The third kappa shape index (κ3) is 4.93. The molecule has 3 rings (SSSR count). The Morgan fingerprint density at radius 3 is 2.69 bits per heavy atom. The molecular weight excluding hydrogens is 375 g/mol. The van der Waals surface area contributed by atoms with Gasteiger partial charge in [0.2, 0.25) is 0 Å². The van der Waals surface area contributed by atoms with Crippen molar-refractivity contribution in [2.24, 2.45) is 0 Å². The lowest BCUT2D eigenvalue weighted by atomic mass is 10.1. The first-order valence-corrected chi connectivity index (χ1v) is 8.63. The van der Waals surface area contributed by atoms with E-state index < -0.39 is 0 Å². The Balaban J connectivity index is 1.50. The smallest absolute Gasteiger partial charge is 0.315 e. The van der Waals surface area contributed by atoms with Crippen LogP contribution in [-0.2, 0) is 13.0 Å². The molecule has 0 unspecified atom stereocenters. The predicted octanol–water partition coefficient (Wildman–Crippen LogP) is 3.01. The number of halogens is 2. The molecule has 0 saturated carbocycles. The molecule has 0 radical (unpaired) electrons. The standard InChI is InChI=1S/C17H16Cl2N6O/c18-14-6-12(7-15(19)8-14)3-5-22-17(26)23-9-13-2-1-4-21-16(13)25-11-20-10-24-25/h1-2,4,6-8,10-11H,3,5,9H2,(H2,22,23,26). The van der Waals surface area contributed by atoms with Crippen molar-refractivity contribution in [2.75, 3.05) is 6.54 Å². The first-order chi connectivity index (χ1) is 12.6. The molecule has 2 N–H and O–H groups in total. The molecule has 0 aliphatic heterocycles. The second-order valence-corrected chi connectivity index (χ2v) is 6.34. The van der Waals surface area contributed by atoms with Crippen LogP contribution in [0.1, 0.15) is 11.1 Å². The molecule has 0 aliphatic rings. The van der Waals surface area contributed by atoms with E-state index in [9.17, 15) is 4.79 Å². The van der Waals surface area contributed by atoms with Crippen LogP contribution in [0.2, 0.25) is 10.0 Å². The molecule has 9 heteroatoms. The van der Waals surface area contributed by atoms with Gasteiger partial charge in [-0.2, -0.15) is 5.10 Å². The van der Waals surface area contributed by atoms with Gasteiger partial charge < -0.3 is 10.6 Å². The van der Waals surface area contributed by atoms with Crippen LogP contribution in [0.5, 0.6) is 0 Å². The number of hydrogen-bond donors (Lipinski definition) is 2. The number of carbonyl (C=O) groups is 1. The Bertz CT molecular complexity index is 864. The van der Waals surface area contributed by atoms with E-state index in [-0.39, 0.29) is 6.03 Å². The molecule has 134 valence electrons. The van der Waals surface area contributed by atoms with E-state index in [0.717, 1.165) is 11.1 Å². The maximum Gasteiger partial charge on any atom is 0.315 e. The maximum absolute atomic E-state index is 12.0. The second-order valence-electron chi connectivity index (χ2n) is 5.46. The fourth-order valence-electron chi connectivity index (χ4n) is 2.41. The number of aromatic nitrogens is 4. The number of carbonyl (C=O) groups excluding carboxylic acids is 1. The Labute approximate surface area is 160 Å². The zero-order valence-electron chi connectivity index (χ0n) is 13.7. The normalized spacial score (nSPS) is 10.5. The molecule has 2 heterocycles. The molecule has 0 spiro atoms. The number of pyridine rings is 1. The molecular formula is C17H16Cl2N6O. The van der Waals surface area contributed by atoms with Crippen molar-refractivity contribution < 1.29 is 4.79 Å². The van der Waals surface area contributed by atoms with Crippen LogP contribution in [0.3, 0.4) is 0 Å². The van der Waals surface area contributed by atoms with E-state index >= 15 is 0 Å². The predicted molar refractivity (Wildman–Crippen MR) is 99.6 cm³/mol. The lowest BCUT2D eigenvalue weighted by Crippen LogP contribution is -2.36. The van der Waals surface area contributed by atoms with Crippen molar-refractivity contribution in [1.29, 1.82) is 0 Å². The van der Waals surface area contributed by atoms with E-state index in [1.807, 2.05) is 18.2 Å². The average molecular weight is 391 g/mol. The van der Waals surface area contributed by atoms with Gasteiger partial charge in [0.15, 0.2) is 5.82 Å². The van der Waals surface area contributed by atoms with Crippen LogP contribution in [0, 0.1) is 0 Å². The van der Waals surface area contributed by atoms with Gasteiger partial charge in [0.05, 0.1) is 0 Å². The highest BCUT2D eigenvalue weighted by atomic mass is 35.5. The lowest BCUT2D eigenvalue weighted by Gasteiger charge is -2.10. The molecule has 26 heavy (non-hydrogen) atoms. The highest BCUT2D eigenvalue weighted by Crippen LogP contribution is 2.19. The Hall–Kier alpha value is -2.64. The first-order valence-electron chi connectivity index (χ1n) is 7.87. The molecule has 2 aromatic heterocycles. The van der Waals surface area contributed by atoms with E-state index in [1.54, 1.807) is 29.3 Å². The average Bonchev–Trinajstić information content (AvgIpc) is 3.14. The maximum atomic E-state index is 12.0. The summed E-state index contributed by atoms with van der Waals surface area (Å²) in [5, 5.41) is 10.8. The van der Waals surface area contributed by atoms with Gasteiger partial charge in [0, 0.05) is 34.9 Å². The summed E-state index contributed by atoms with van der Waals surface area (Å²) in [5.41, 5.74) is 1.79. The van der Waals surface area contributed by atoms with E-state index in [1.165, 1.54) is 6.33 Å². The largest absolute Gasteiger partial charge is 0.338 e. The highest BCUT2D eigenvalue weighted by Gasteiger charge is 2.08. The van der Waals surface area contributed by atoms with Crippen molar-refractivity contribution in [1.82, 2.24) is 30.4 Å². The van der Waals surface area contributed by atoms with Gasteiger partial charge in [-0.15, -0.1) is 0 Å². The molecule has 0 bridgehead atoms. The van der Waals surface area contributed by atoms with Crippen LogP contribution in [-0.4, -0.2) is 32.3 Å². The number of urea groups is 1. The van der Waals surface area contributed by atoms with Gasteiger partial charge >= 0.3 is 6.03 Å². The molecule has 2 amide bonds. The number of nitrogens with zero attached hydrogens (tertiary/aromatic N) is 4. The van der Waals surface area contributed by atoms with Gasteiger partial charge in [-0.1, -0.05) is 29.3 Å². The summed E-state index contributed by atoms with van der Waals surface area (Å²) in [6, 6.07) is 8.73. The number of benzene rings is 1. The fraction of sp³-hybridized carbons (Fsp3) is 0.176. The monoisotopic (exact) mass is 390 g/mol. The third-order valence-corrected chi connectivity index (χ3v) is 4.00. The van der Waals surface area contributed by atoms with Gasteiger partial charge in [-0.05, 0) is 36.2 Å². The summed E-state index contributed by atoms with van der Waals surface area (Å²) in [5.74, 6) is 0.624. The molecule has 1 aromatic carbocycles. The second kappa shape index (κ2) is 8.64. The molecule has 0 aliphatic carbocycles. The fourth-order valence-corrected chi connectivity index (χ4v) is 2.98.